The highest BCUT2D eigenvalue weighted by molar-refractivity contribution is 5.73. The molecule has 0 aromatic carbocycles. The minimum atomic E-state index is 0.220. The smallest absolute Gasteiger partial charge is 0.219 e. The highest BCUT2D eigenvalue weighted by atomic mass is 16.5. The molecule has 3 saturated heterocycles. The fraction of sp³-hybridized carbons (Fsp3) is 0.800. The van der Waals surface area contributed by atoms with Gasteiger partial charge in [-0.05, 0) is 39.0 Å². The lowest BCUT2D eigenvalue weighted by Gasteiger charge is -2.36. The molecular formula is C20H32N4O2. The molecule has 3 aliphatic heterocycles. The zero-order valence-corrected chi connectivity index (χ0v) is 16.2. The van der Waals surface area contributed by atoms with Gasteiger partial charge >= 0.3 is 0 Å². The molecule has 144 valence electrons. The Hall–Kier alpha value is -1.40. The number of imidazole rings is 1. The number of ether oxygens (including phenoxy) is 1. The first-order valence-electron chi connectivity index (χ1n) is 10.2. The molecule has 1 aromatic heterocycles. The predicted octanol–water partition coefficient (Wildman–Crippen LogP) is 2.34. The van der Waals surface area contributed by atoms with E-state index in [1.165, 1.54) is 24.5 Å². The molecule has 4 heterocycles. The van der Waals surface area contributed by atoms with Crippen LogP contribution in [-0.4, -0.2) is 70.7 Å². The predicted molar refractivity (Wildman–Crippen MR) is 100 cm³/mol. The minimum Gasteiger partial charge on any atom is -0.381 e. The fourth-order valence-electron chi connectivity index (χ4n) is 5.05. The van der Waals surface area contributed by atoms with Crippen LogP contribution in [0.15, 0.2) is 6.20 Å². The topological polar surface area (TPSA) is 50.6 Å². The summed E-state index contributed by atoms with van der Waals surface area (Å²) < 4.78 is 8.07. The van der Waals surface area contributed by atoms with Crippen LogP contribution in [0.25, 0.3) is 0 Å². The van der Waals surface area contributed by atoms with E-state index in [0.717, 1.165) is 58.5 Å². The number of carbonyl (C=O) groups is 1. The number of hydrogen-bond acceptors (Lipinski definition) is 4. The molecular weight excluding hydrogens is 328 g/mol. The van der Waals surface area contributed by atoms with Crippen molar-refractivity contribution in [1.29, 1.82) is 0 Å². The van der Waals surface area contributed by atoms with Gasteiger partial charge in [-0.3, -0.25) is 9.69 Å². The number of hydrogen-bond donors (Lipinski definition) is 0. The zero-order valence-electron chi connectivity index (χ0n) is 16.2. The minimum absolute atomic E-state index is 0.220. The van der Waals surface area contributed by atoms with Gasteiger partial charge in [0.05, 0.1) is 0 Å². The summed E-state index contributed by atoms with van der Waals surface area (Å²) >= 11 is 0. The van der Waals surface area contributed by atoms with Crippen LogP contribution in [0.3, 0.4) is 0 Å². The third-order valence-corrected chi connectivity index (χ3v) is 6.58. The SMILES string of the molecule is CC(=O)N1CCC(N2CCC(n3c(C)cnc3C3CCOCC3)C2)CC1. The monoisotopic (exact) mass is 360 g/mol. The third-order valence-electron chi connectivity index (χ3n) is 6.58. The zero-order chi connectivity index (χ0) is 18.1. The number of rotatable bonds is 3. The van der Waals surface area contributed by atoms with Crippen LogP contribution in [0.2, 0.25) is 0 Å². The number of aromatic nitrogens is 2. The van der Waals surface area contributed by atoms with Gasteiger partial charge in [0, 0.05) is 76.2 Å². The molecule has 0 bridgehead atoms. The molecule has 0 N–H and O–H groups in total. The van der Waals surface area contributed by atoms with Gasteiger partial charge in [0.15, 0.2) is 0 Å². The third kappa shape index (κ3) is 3.54. The Morgan fingerprint density at radius 2 is 1.77 bits per heavy atom. The van der Waals surface area contributed by atoms with Crippen LogP contribution in [0, 0.1) is 6.92 Å². The maximum atomic E-state index is 11.6. The van der Waals surface area contributed by atoms with Crippen molar-refractivity contribution in [3.63, 3.8) is 0 Å². The van der Waals surface area contributed by atoms with E-state index in [0.29, 0.717) is 18.0 Å². The maximum Gasteiger partial charge on any atom is 0.219 e. The van der Waals surface area contributed by atoms with E-state index in [1.807, 2.05) is 4.90 Å². The molecule has 3 fully saturated rings. The van der Waals surface area contributed by atoms with Crippen LogP contribution in [0.4, 0.5) is 0 Å². The van der Waals surface area contributed by atoms with Crippen molar-refractivity contribution in [2.24, 2.45) is 0 Å². The van der Waals surface area contributed by atoms with E-state index in [-0.39, 0.29) is 5.91 Å². The van der Waals surface area contributed by atoms with Gasteiger partial charge in [0.25, 0.3) is 0 Å². The number of carbonyl (C=O) groups excluding carboxylic acids is 1. The molecule has 0 saturated carbocycles. The van der Waals surface area contributed by atoms with Crippen molar-refractivity contribution >= 4 is 5.91 Å². The lowest BCUT2D eigenvalue weighted by molar-refractivity contribution is -0.130. The fourth-order valence-corrected chi connectivity index (χ4v) is 5.05. The Labute approximate surface area is 156 Å². The molecule has 0 spiro atoms. The number of amides is 1. The lowest BCUT2D eigenvalue weighted by Crippen LogP contribution is -2.45. The van der Waals surface area contributed by atoms with Crippen LogP contribution in [0.1, 0.15) is 62.5 Å². The first kappa shape index (κ1) is 18.0. The summed E-state index contributed by atoms with van der Waals surface area (Å²) in [6.07, 6.45) is 7.68. The van der Waals surface area contributed by atoms with Gasteiger partial charge in [0.2, 0.25) is 5.91 Å². The summed E-state index contributed by atoms with van der Waals surface area (Å²) in [5.74, 6) is 2.05. The largest absolute Gasteiger partial charge is 0.381 e. The molecule has 4 rings (SSSR count). The van der Waals surface area contributed by atoms with Crippen LogP contribution >= 0.6 is 0 Å². The van der Waals surface area contributed by atoms with E-state index in [2.05, 4.69) is 22.6 Å². The second-order valence-corrected chi connectivity index (χ2v) is 8.19. The van der Waals surface area contributed by atoms with E-state index in [1.54, 1.807) is 6.92 Å². The molecule has 0 aliphatic carbocycles. The molecule has 0 radical (unpaired) electrons. The Kier molecular flexibility index (Phi) is 5.32. The number of piperidine rings is 1. The standard InChI is InChI=1S/C20H32N4O2/c1-15-13-21-20(17-6-11-26-12-7-17)24(15)19-5-10-23(14-19)18-3-8-22(9-4-18)16(2)25/h13,17-19H,3-12,14H2,1-2H3. The molecule has 6 nitrogen and oxygen atoms in total. The molecule has 1 aromatic rings. The highest BCUT2D eigenvalue weighted by Crippen LogP contribution is 2.33. The van der Waals surface area contributed by atoms with E-state index >= 15 is 0 Å². The van der Waals surface area contributed by atoms with Crippen LogP contribution in [0.5, 0.6) is 0 Å². The molecule has 26 heavy (non-hydrogen) atoms. The Balaban J connectivity index is 1.41. The number of nitrogens with zero attached hydrogens (tertiary/aromatic N) is 4. The normalized spacial score (nSPS) is 26.5. The van der Waals surface area contributed by atoms with Crippen molar-refractivity contribution in [3.05, 3.63) is 17.7 Å². The summed E-state index contributed by atoms with van der Waals surface area (Å²) in [6.45, 7) is 9.73. The molecule has 6 heteroatoms. The summed E-state index contributed by atoms with van der Waals surface area (Å²) in [6, 6.07) is 1.17. The van der Waals surface area contributed by atoms with Crippen molar-refractivity contribution < 1.29 is 9.53 Å². The highest BCUT2D eigenvalue weighted by Gasteiger charge is 2.34. The first-order valence-corrected chi connectivity index (χ1v) is 10.2. The van der Waals surface area contributed by atoms with Crippen LogP contribution in [-0.2, 0) is 9.53 Å². The van der Waals surface area contributed by atoms with Crippen molar-refractivity contribution in [3.8, 4) is 0 Å². The average Bonchev–Trinajstić information content (AvgIpc) is 3.29. The van der Waals surface area contributed by atoms with E-state index in [4.69, 9.17) is 9.72 Å². The number of likely N-dealkylation sites (tertiary alicyclic amines) is 2. The second kappa shape index (κ2) is 7.69. The molecule has 1 amide bonds. The van der Waals surface area contributed by atoms with Gasteiger partial charge in [-0.15, -0.1) is 0 Å². The average molecular weight is 361 g/mol. The van der Waals surface area contributed by atoms with E-state index in [9.17, 15) is 4.79 Å². The van der Waals surface area contributed by atoms with Gasteiger partial charge in [-0.1, -0.05) is 0 Å². The number of aryl methyl sites for hydroxylation is 1. The van der Waals surface area contributed by atoms with Gasteiger partial charge in [0.1, 0.15) is 5.82 Å². The van der Waals surface area contributed by atoms with Crippen LogP contribution < -0.4 is 0 Å². The van der Waals surface area contributed by atoms with Gasteiger partial charge in [-0.25, -0.2) is 4.98 Å². The summed E-state index contributed by atoms with van der Waals surface area (Å²) in [4.78, 5) is 21.0. The van der Waals surface area contributed by atoms with Crippen molar-refractivity contribution in [1.82, 2.24) is 19.4 Å². The quantitative estimate of drug-likeness (QED) is 0.830. The lowest BCUT2D eigenvalue weighted by atomic mass is 9.99. The Bertz CT molecular complexity index is 630. The second-order valence-electron chi connectivity index (χ2n) is 8.19. The molecule has 3 aliphatic rings. The van der Waals surface area contributed by atoms with E-state index < -0.39 is 0 Å². The summed E-state index contributed by atoms with van der Waals surface area (Å²) in [7, 11) is 0. The first-order chi connectivity index (χ1) is 12.6. The van der Waals surface area contributed by atoms with Gasteiger partial charge < -0.3 is 14.2 Å². The molecule has 1 atom stereocenters. The summed E-state index contributed by atoms with van der Waals surface area (Å²) in [5, 5.41) is 0. The summed E-state index contributed by atoms with van der Waals surface area (Å²) in [5.41, 5.74) is 1.30. The Morgan fingerprint density at radius 3 is 2.46 bits per heavy atom. The maximum absolute atomic E-state index is 11.6. The Morgan fingerprint density at radius 1 is 1.08 bits per heavy atom. The van der Waals surface area contributed by atoms with Crippen molar-refractivity contribution in [2.75, 3.05) is 39.4 Å². The molecule has 1 unspecified atom stereocenters. The van der Waals surface area contributed by atoms with Crippen molar-refractivity contribution in [2.45, 2.75) is 64.0 Å². The van der Waals surface area contributed by atoms with Gasteiger partial charge in [-0.2, -0.15) is 0 Å².